The van der Waals surface area contributed by atoms with E-state index in [0.717, 1.165) is 34.6 Å². The highest BCUT2D eigenvalue weighted by atomic mass is 35.5. The summed E-state index contributed by atoms with van der Waals surface area (Å²) in [6.45, 7) is 0. The molecule has 29 heavy (non-hydrogen) atoms. The molecule has 1 saturated carbocycles. The molecular formula is C21H20Cl2N2O3S. The van der Waals surface area contributed by atoms with E-state index in [2.05, 4.69) is 9.95 Å². The molecular weight excluding hydrogens is 431 g/mol. The maximum absolute atomic E-state index is 6.16. The minimum absolute atomic E-state index is 0.428. The minimum Gasteiger partial charge on any atom is -0.493 e. The molecule has 0 bridgehead atoms. The lowest BCUT2D eigenvalue weighted by Crippen LogP contribution is -2.14. The minimum atomic E-state index is 0.428. The molecule has 4 rings (SSSR count). The quantitative estimate of drug-likeness (QED) is 0.454. The summed E-state index contributed by atoms with van der Waals surface area (Å²) in [5, 5.41) is 3.12. The van der Waals surface area contributed by atoms with Gasteiger partial charge in [-0.1, -0.05) is 23.2 Å². The fraction of sp³-hybridized carbons (Fsp3) is 0.286. The molecule has 1 aliphatic carbocycles. The molecule has 0 unspecified atom stereocenters. The molecule has 1 aliphatic rings. The third-order valence-electron chi connectivity index (χ3n) is 4.74. The van der Waals surface area contributed by atoms with Crippen molar-refractivity contribution in [2.24, 2.45) is 4.99 Å². The SMILES string of the molecule is COc1cc(-c2csc(=Nc3ccc(Cl)c(Cl)c3)n2C2CC2)cc(OC)c1OC. The topological polar surface area (TPSA) is 45.0 Å². The van der Waals surface area contributed by atoms with E-state index in [1.54, 1.807) is 44.8 Å². The normalized spacial score (nSPS) is 14.2. The largest absolute Gasteiger partial charge is 0.493 e. The number of hydrogen-bond acceptors (Lipinski definition) is 5. The zero-order valence-corrected chi connectivity index (χ0v) is 18.6. The van der Waals surface area contributed by atoms with Crippen LogP contribution in [0.15, 0.2) is 40.7 Å². The van der Waals surface area contributed by atoms with E-state index in [9.17, 15) is 0 Å². The predicted octanol–water partition coefficient (Wildman–Crippen LogP) is 6.12. The Kier molecular flexibility index (Phi) is 5.76. The number of halogens is 2. The summed E-state index contributed by atoms with van der Waals surface area (Å²) in [5.74, 6) is 1.82. The van der Waals surface area contributed by atoms with E-state index in [0.29, 0.717) is 33.3 Å². The van der Waals surface area contributed by atoms with Crippen LogP contribution in [0.25, 0.3) is 11.3 Å². The van der Waals surface area contributed by atoms with Gasteiger partial charge in [0.15, 0.2) is 16.3 Å². The van der Waals surface area contributed by atoms with Crippen LogP contribution in [0.5, 0.6) is 17.2 Å². The zero-order chi connectivity index (χ0) is 20.5. The molecule has 5 nitrogen and oxygen atoms in total. The van der Waals surface area contributed by atoms with Crippen LogP contribution in [0.2, 0.25) is 10.0 Å². The first kappa shape index (κ1) is 20.1. The van der Waals surface area contributed by atoms with Crippen molar-refractivity contribution in [3.8, 4) is 28.5 Å². The Morgan fingerprint density at radius 2 is 1.66 bits per heavy atom. The van der Waals surface area contributed by atoms with Crippen molar-refractivity contribution < 1.29 is 14.2 Å². The van der Waals surface area contributed by atoms with Crippen LogP contribution in [0.3, 0.4) is 0 Å². The van der Waals surface area contributed by atoms with Crippen molar-refractivity contribution in [2.45, 2.75) is 18.9 Å². The lowest BCUT2D eigenvalue weighted by atomic mass is 10.1. The number of methoxy groups -OCH3 is 3. The monoisotopic (exact) mass is 450 g/mol. The number of ether oxygens (including phenoxy) is 3. The number of benzene rings is 2. The highest BCUT2D eigenvalue weighted by Crippen LogP contribution is 2.43. The van der Waals surface area contributed by atoms with Crippen molar-refractivity contribution >= 4 is 40.2 Å². The zero-order valence-electron chi connectivity index (χ0n) is 16.2. The Bertz CT molecular complexity index is 1090. The first-order chi connectivity index (χ1) is 14.0. The second kappa shape index (κ2) is 8.30. The number of aromatic nitrogens is 1. The predicted molar refractivity (Wildman–Crippen MR) is 117 cm³/mol. The van der Waals surface area contributed by atoms with Crippen LogP contribution in [-0.2, 0) is 0 Å². The van der Waals surface area contributed by atoms with Gasteiger partial charge < -0.3 is 18.8 Å². The van der Waals surface area contributed by atoms with Gasteiger partial charge in [-0.2, -0.15) is 0 Å². The molecule has 3 aromatic rings. The summed E-state index contributed by atoms with van der Waals surface area (Å²) in [4.78, 5) is 5.73. The molecule has 0 amide bonds. The second-order valence-electron chi connectivity index (χ2n) is 6.63. The molecule has 0 radical (unpaired) electrons. The average Bonchev–Trinajstić information content (AvgIpc) is 3.49. The summed E-state index contributed by atoms with van der Waals surface area (Å²) < 4.78 is 18.8. The maximum atomic E-state index is 6.16. The molecule has 0 saturated heterocycles. The summed E-state index contributed by atoms with van der Waals surface area (Å²) in [6, 6.07) is 9.76. The molecule has 0 spiro atoms. The van der Waals surface area contributed by atoms with Gasteiger partial charge in [-0.15, -0.1) is 11.3 Å². The number of thiazole rings is 1. The third-order valence-corrected chi connectivity index (χ3v) is 6.32. The van der Waals surface area contributed by atoms with Gasteiger partial charge in [0.05, 0.1) is 42.8 Å². The van der Waals surface area contributed by atoms with Crippen LogP contribution >= 0.6 is 34.5 Å². The first-order valence-electron chi connectivity index (χ1n) is 9.06. The Morgan fingerprint density at radius 1 is 0.966 bits per heavy atom. The maximum Gasteiger partial charge on any atom is 0.203 e. The van der Waals surface area contributed by atoms with Crippen LogP contribution in [0.1, 0.15) is 18.9 Å². The van der Waals surface area contributed by atoms with Crippen molar-refractivity contribution in [1.82, 2.24) is 4.57 Å². The molecule has 2 aromatic carbocycles. The first-order valence-corrected chi connectivity index (χ1v) is 10.7. The van der Waals surface area contributed by atoms with Gasteiger partial charge in [0.1, 0.15) is 0 Å². The van der Waals surface area contributed by atoms with E-state index in [1.165, 1.54) is 0 Å². The van der Waals surface area contributed by atoms with E-state index >= 15 is 0 Å². The van der Waals surface area contributed by atoms with Gasteiger partial charge in [0.2, 0.25) is 5.75 Å². The number of hydrogen-bond donors (Lipinski definition) is 0. The van der Waals surface area contributed by atoms with Gasteiger partial charge in [0, 0.05) is 17.0 Å². The van der Waals surface area contributed by atoms with Gasteiger partial charge in [-0.3, -0.25) is 0 Å². The van der Waals surface area contributed by atoms with Crippen molar-refractivity contribution in [3.05, 3.63) is 50.6 Å². The lowest BCUT2D eigenvalue weighted by molar-refractivity contribution is 0.324. The van der Waals surface area contributed by atoms with E-state index < -0.39 is 0 Å². The summed E-state index contributed by atoms with van der Waals surface area (Å²) in [6.07, 6.45) is 2.26. The van der Waals surface area contributed by atoms with Gasteiger partial charge >= 0.3 is 0 Å². The number of rotatable bonds is 6. The van der Waals surface area contributed by atoms with Crippen LogP contribution in [-0.4, -0.2) is 25.9 Å². The molecule has 0 N–H and O–H groups in total. The fourth-order valence-electron chi connectivity index (χ4n) is 3.19. The molecule has 152 valence electrons. The van der Waals surface area contributed by atoms with Gasteiger partial charge in [-0.25, -0.2) is 4.99 Å². The highest BCUT2D eigenvalue weighted by molar-refractivity contribution is 7.07. The summed E-state index contributed by atoms with van der Waals surface area (Å²) in [5.41, 5.74) is 2.82. The Labute approximate surface area is 183 Å². The molecule has 0 aliphatic heterocycles. The molecule has 8 heteroatoms. The van der Waals surface area contributed by atoms with Crippen LogP contribution < -0.4 is 19.0 Å². The molecule has 1 aromatic heterocycles. The van der Waals surface area contributed by atoms with Crippen LogP contribution in [0.4, 0.5) is 5.69 Å². The lowest BCUT2D eigenvalue weighted by Gasteiger charge is -2.15. The van der Waals surface area contributed by atoms with E-state index in [4.69, 9.17) is 42.4 Å². The standard InChI is InChI=1S/C21H20Cl2N2O3S/c1-26-18-8-12(9-19(27-2)20(18)28-3)17-11-29-21(25(17)14-5-6-14)24-13-4-7-15(22)16(23)10-13/h4,7-11,14H,5-6H2,1-3H3. The van der Waals surface area contributed by atoms with Crippen molar-refractivity contribution in [3.63, 3.8) is 0 Å². The van der Waals surface area contributed by atoms with Crippen molar-refractivity contribution in [2.75, 3.05) is 21.3 Å². The smallest absolute Gasteiger partial charge is 0.203 e. The summed E-state index contributed by atoms with van der Waals surface area (Å²) in [7, 11) is 4.84. The number of nitrogens with zero attached hydrogens (tertiary/aromatic N) is 2. The molecule has 0 atom stereocenters. The van der Waals surface area contributed by atoms with Crippen molar-refractivity contribution in [1.29, 1.82) is 0 Å². The Balaban J connectivity index is 1.86. The molecule has 1 heterocycles. The van der Waals surface area contributed by atoms with E-state index in [1.807, 2.05) is 18.2 Å². The Hall–Kier alpha value is -2.15. The highest BCUT2D eigenvalue weighted by Gasteiger charge is 2.28. The summed E-state index contributed by atoms with van der Waals surface area (Å²) >= 11 is 13.8. The second-order valence-corrected chi connectivity index (χ2v) is 8.28. The van der Waals surface area contributed by atoms with Crippen LogP contribution in [0, 0.1) is 0 Å². The Morgan fingerprint density at radius 3 is 2.21 bits per heavy atom. The molecule has 1 fully saturated rings. The average molecular weight is 451 g/mol. The third kappa shape index (κ3) is 3.97. The van der Waals surface area contributed by atoms with Gasteiger partial charge in [0.25, 0.3) is 0 Å². The van der Waals surface area contributed by atoms with E-state index in [-0.39, 0.29) is 0 Å². The fourth-order valence-corrected chi connectivity index (χ4v) is 4.47. The van der Waals surface area contributed by atoms with Gasteiger partial charge in [-0.05, 0) is 43.2 Å².